The number of carbonyl (C=O) groups excluding carboxylic acids is 1. The molecule has 2 aromatic rings. The van der Waals surface area contributed by atoms with Gasteiger partial charge >= 0.3 is 5.69 Å². The van der Waals surface area contributed by atoms with Crippen molar-refractivity contribution in [1.29, 1.82) is 0 Å². The Morgan fingerprint density at radius 2 is 1.96 bits per heavy atom. The van der Waals surface area contributed by atoms with Gasteiger partial charge in [-0.15, -0.1) is 0 Å². The summed E-state index contributed by atoms with van der Waals surface area (Å²) in [6.45, 7) is 9.20. The zero-order valence-electron chi connectivity index (χ0n) is 16.0. The Morgan fingerprint density at radius 3 is 2.56 bits per heavy atom. The van der Waals surface area contributed by atoms with E-state index in [-0.39, 0.29) is 11.6 Å². The summed E-state index contributed by atoms with van der Waals surface area (Å²) in [5, 5.41) is 15.1. The van der Waals surface area contributed by atoms with E-state index in [9.17, 15) is 14.9 Å². The summed E-state index contributed by atoms with van der Waals surface area (Å²) in [4.78, 5) is 27.5. The molecule has 1 fully saturated rings. The van der Waals surface area contributed by atoms with E-state index >= 15 is 0 Å². The summed E-state index contributed by atoms with van der Waals surface area (Å²) in [7, 11) is 0. The van der Waals surface area contributed by atoms with Gasteiger partial charge in [-0.1, -0.05) is 29.8 Å². The number of aromatic nitrogens is 2. The first-order valence-corrected chi connectivity index (χ1v) is 9.12. The maximum atomic E-state index is 12.8. The van der Waals surface area contributed by atoms with Crippen molar-refractivity contribution in [2.45, 2.75) is 33.4 Å². The highest BCUT2D eigenvalue weighted by molar-refractivity contribution is 5.80. The highest BCUT2D eigenvalue weighted by Gasteiger charge is 2.28. The minimum absolute atomic E-state index is 0.0531. The number of piperazine rings is 1. The third-order valence-electron chi connectivity index (χ3n) is 5.01. The fraction of sp³-hybridized carbons (Fsp3) is 0.474. The van der Waals surface area contributed by atoms with E-state index in [1.807, 2.05) is 4.90 Å². The molecule has 1 aromatic heterocycles. The van der Waals surface area contributed by atoms with E-state index in [1.54, 1.807) is 13.8 Å². The van der Waals surface area contributed by atoms with Gasteiger partial charge in [0.15, 0.2) is 0 Å². The normalized spacial score (nSPS) is 16.3. The van der Waals surface area contributed by atoms with Crippen LogP contribution in [0, 0.1) is 24.0 Å². The van der Waals surface area contributed by atoms with E-state index in [0.717, 1.165) is 19.6 Å². The third-order valence-corrected chi connectivity index (χ3v) is 5.01. The van der Waals surface area contributed by atoms with Crippen LogP contribution in [-0.4, -0.2) is 56.6 Å². The molecule has 1 saturated heterocycles. The zero-order chi connectivity index (χ0) is 19.6. The molecule has 2 heterocycles. The maximum absolute atomic E-state index is 12.8. The summed E-state index contributed by atoms with van der Waals surface area (Å²) in [6.07, 6.45) is 1.34. The molecule has 1 aliphatic heterocycles. The number of hydrogen-bond acceptors (Lipinski definition) is 5. The highest BCUT2D eigenvalue weighted by Crippen LogP contribution is 2.20. The van der Waals surface area contributed by atoms with Crippen molar-refractivity contribution in [2.75, 3.05) is 26.2 Å². The Kier molecular flexibility index (Phi) is 5.55. The summed E-state index contributed by atoms with van der Waals surface area (Å²) < 4.78 is 1.40. The van der Waals surface area contributed by atoms with E-state index in [2.05, 4.69) is 41.2 Å². The molecule has 3 rings (SSSR count). The second-order valence-electron chi connectivity index (χ2n) is 7.10. The molecule has 1 aromatic carbocycles. The standard InChI is InChI=1S/C19H25N5O3/c1-14-5-4-6-17(11-14)12-21-7-9-22(10-8-21)19(25)16(3)23-13-18(24(26)27)15(2)20-23/h4-6,11,13,16H,7-10,12H2,1-3H3. The van der Waals surface area contributed by atoms with Crippen molar-refractivity contribution < 1.29 is 9.72 Å². The highest BCUT2D eigenvalue weighted by atomic mass is 16.6. The first-order chi connectivity index (χ1) is 12.8. The van der Waals surface area contributed by atoms with Crippen LogP contribution in [0.5, 0.6) is 0 Å². The largest absolute Gasteiger partial charge is 0.338 e. The van der Waals surface area contributed by atoms with E-state index in [1.165, 1.54) is 22.0 Å². The Balaban J connectivity index is 1.58. The molecule has 8 nitrogen and oxygen atoms in total. The van der Waals surface area contributed by atoms with Crippen LogP contribution in [-0.2, 0) is 11.3 Å². The minimum Gasteiger partial charge on any atom is -0.338 e. The first-order valence-electron chi connectivity index (χ1n) is 9.12. The van der Waals surface area contributed by atoms with Crippen LogP contribution in [0.1, 0.15) is 29.8 Å². The van der Waals surface area contributed by atoms with Crippen LogP contribution in [0.4, 0.5) is 5.69 Å². The lowest BCUT2D eigenvalue weighted by Crippen LogP contribution is -2.49. The first kappa shape index (κ1) is 19.0. The fourth-order valence-electron chi connectivity index (χ4n) is 3.42. The molecule has 0 N–H and O–H groups in total. The number of hydrogen-bond donors (Lipinski definition) is 0. The van der Waals surface area contributed by atoms with Crippen molar-refractivity contribution in [3.05, 3.63) is 57.4 Å². The number of carbonyl (C=O) groups is 1. The zero-order valence-corrected chi connectivity index (χ0v) is 16.0. The quantitative estimate of drug-likeness (QED) is 0.595. The van der Waals surface area contributed by atoms with Crippen molar-refractivity contribution in [2.24, 2.45) is 0 Å². The lowest BCUT2D eigenvalue weighted by Gasteiger charge is -2.36. The maximum Gasteiger partial charge on any atom is 0.309 e. The number of nitro groups is 1. The molecule has 1 aliphatic rings. The van der Waals surface area contributed by atoms with Gasteiger partial charge in [0.1, 0.15) is 17.9 Å². The topological polar surface area (TPSA) is 84.5 Å². The molecule has 0 spiro atoms. The van der Waals surface area contributed by atoms with Gasteiger partial charge in [0.25, 0.3) is 0 Å². The lowest BCUT2D eigenvalue weighted by atomic mass is 10.1. The molecule has 0 radical (unpaired) electrons. The second-order valence-corrected chi connectivity index (χ2v) is 7.10. The fourth-order valence-corrected chi connectivity index (χ4v) is 3.42. The molecule has 0 saturated carbocycles. The van der Waals surface area contributed by atoms with Crippen molar-refractivity contribution in [1.82, 2.24) is 19.6 Å². The van der Waals surface area contributed by atoms with Crippen LogP contribution in [0.25, 0.3) is 0 Å². The molecule has 0 bridgehead atoms. The Morgan fingerprint density at radius 1 is 1.26 bits per heavy atom. The van der Waals surface area contributed by atoms with Crippen molar-refractivity contribution >= 4 is 11.6 Å². The van der Waals surface area contributed by atoms with Crippen LogP contribution in [0.3, 0.4) is 0 Å². The number of nitrogens with zero attached hydrogens (tertiary/aromatic N) is 5. The van der Waals surface area contributed by atoms with Gasteiger partial charge in [0.05, 0.1) is 4.92 Å². The predicted molar refractivity (Wildman–Crippen MR) is 101 cm³/mol. The average Bonchev–Trinajstić information content (AvgIpc) is 3.03. The SMILES string of the molecule is Cc1cccc(CN2CCN(C(=O)C(C)n3cc([N+](=O)[O-])c(C)n3)CC2)c1. The number of amides is 1. The van der Waals surface area contributed by atoms with Crippen LogP contribution >= 0.6 is 0 Å². The molecular weight excluding hydrogens is 346 g/mol. The average molecular weight is 371 g/mol. The van der Waals surface area contributed by atoms with Crippen LogP contribution < -0.4 is 0 Å². The molecule has 144 valence electrons. The number of rotatable bonds is 5. The Hall–Kier alpha value is -2.74. The lowest BCUT2D eigenvalue weighted by molar-refractivity contribution is -0.385. The molecule has 27 heavy (non-hydrogen) atoms. The summed E-state index contributed by atoms with van der Waals surface area (Å²) in [5.41, 5.74) is 2.79. The van der Waals surface area contributed by atoms with Gasteiger partial charge in [0.2, 0.25) is 5.91 Å². The van der Waals surface area contributed by atoms with Gasteiger partial charge in [-0.3, -0.25) is 24.5 Å². The van der Waals surface area contributed by atoms with Crippen molar-refractivity contribution in [3.8, 4) is 0 Å². The molecule has 1 amide bonds. The van der Waals surface area contributed by atoms with Gasteiger partial charge in [0, 0.05) is 32.7 Å². The Bertz CT molecular complexity index is 840. The minimum atomic E-state index is -0.555. The second kappa shape index (κ2) is 7.87. The molecule has 0 aliphatic carbocycles. The monoisotopic (exact) mass is 371 g/mol. The molecule has 1 atom stereocenters. The summed E-state index contributed by atoms with van der Waals surface area (Å²) in [6, 6.07) is 7.91. The van der Waals surface area contributed by atoms with E-state index in [4.69, 9.17) is 0 Å². The van der Waals surface area contributed by atoms with Crippen molar-refractivity contribution in [3.63, 3.8) is 0 Å². The molecule has 8 heteroatoms. The van der Waals surface area contributed by atoms with Gasteiger partial charge < -0.3 is 4.90 Å². The summed E-state index contributed by atoms with van der Waals surface area (Å²) in [5.74, 6) is -0.0531. The van der Waals surface area contributed by atoms with Gasteiger partial charge in [-0.05, 0) is 26.3 Å². The van der Waals surface area contributed by atoms with E-state index in [0.29, 0.717) is 18.8 Å². The van der Waals surface area contributed by atoms with E-state index < -0.39 is 11.0 Å². The van der Waals surface area contributed by atoms with Gasteiger partial charge in [-0.25, -0.2) is 0 Å². The predicted octanol–water partition coefficient (Wildman–Crippen LogP) is 2.31. The van der Waals surface area contributed by atoms with Gasteiger partial charge in [-0.2, -0.15) is 5.10 Å². The summed E-state index contributed by atoms with van der Waals surface area (Å²) >= 11 is 0. The molecule has 1 unspecified atom stereocenters. The smallest absolute Gasteiger partial charge is 0.309 e. The number of benzene rings is 1. The van der Waals surface area contributed by atoms with Crippen LogP contribution in [0.2, 0.25) is 0 Å². The number of aryl methyl sites for hydroxylation is 2. The Labute approximate surface area is 158 Å². The van der Waals surface area contributed by atoms with Crippen LogP contribution in [0.15, 0.2) is 30.5 Å². The molecular formula is C19H25N5O3. The third kappa shape index (κ3) is 4.33.